The maximum absolute atomic E-state index is 12.2. The normalized spacial score (nSPS) is 18.7. The summed E-state index contributed by atoms with van der Waals surface area (Å²) in [7, 11) is -3.43. The van der Waals surface area contributed by atoms with E-state index in [0.29, 0.717) is 5.82 Å². The van der Waals surface area contributed by atoms with Gasteiger partial charge in [-0.1, -0.05) is 24.3 Å². The molecule has 0 bridgehead atoms. The highest BCUT2D eigenvalue weighted by molar-refractivity contribution is 7.92. The average molecular weight is 347 g/mol. The van der Waals surface area contributed by atoms with E-state index in [2.05, 4.69) is 22.5 Å². The van der Waals surface area contributed by atoms with Gasteiger partial charge >= 0.3 is 0 Å². The van der Waals surface area contributed by atoms with Crippen LogP contribution in [0.15, 0.2) is 36.5 Å². The minimum Gasteiger partial charge on any atom is -0.310 e. The molecule has 6 nitrogen and oxygen atoms in total. The third-order valence-electron chi connectivity index (χ3n) is 4.57. The van der Waals surface area contributed by atoms with Crippen LogP contribution in [-0.2, 0) is 21.1 Å². The number of aromatic nitrogens is 2. The minimum absolute atomic E-state index is 0.0498. The Kier molecular flexibility index (Phi) is 4.45. The van der Waals surface area contributed by atoms with Gasteiger partial charge in [0.1, 0.15) is 11.1 Å². The maximum atomic E-state index is 12.2. The summed E-state index contributed by atoms with van der Waals surface area (Å²) in [5.74, 6) is -0.0134. The van der Waals surface area contributed by atoms with Crippen molar-refractivity contribution >= 4 is 21.6 Å². The predicted octanol–water partition coefficient (Wildman–Crippen LogP) is 2.18. The fourth-order valence-corrected chi connectivity index (χ4v) is 3.51. The topological polar surface area (TPSA) is 81.1 Å². The number of hydrogen-bond acceptors (Lipinski definition) is 4. The van der Waals surface area contributed by atoms with Gasteiger partial charge in [0.15, 0.2) is 9.84 Å². The quantitative estimate of drug-likeness (QED) is 0.919. The highest BCUT2D eigenvalue weighted by atomic mass is 32.2. The number of carbonyl (C=O) groups excluding carboxylic acids is 1. The third kappa shape index (κ3) is 3.21. The van der Waals surface area contributed by atoms with Crippen LogP contribution in [0.2, 0.25) is 0 Å². The van der Waals surface area contributed by atoms with Gasteiger partial charge in [-0.3, -0.25) is 4.79 Å². The number of nitrogens with zero attached hydrogens (tertiary/aromatic N) is 2. The maximum Gasteiger partial charge on any atom is 0.243 e. The van der Waals surface area contributed by atoms with E-state index in [9.17, 15) is 13.2 Å². The Morgan fingerprint density at radius 2 is 2.08 bits per heavy atom. The van der Waals surface area contributed by atoms with Gasteiger partial charge in [-0.2, -0.15) is 5.10 Å². The van der Waals surface area contributed by atoms with Crippen molar-refractivity contribution in [3.63, 3.8) is 0 Å². The Bertz CT molecular complexity index is 857. The van der Waals surface area contributed by atoms with E-state index < -0.39 is 21.0 Å². The lowest BCUT2D eigenvalue weighted by Gasteiger charge is -2.27. The van der Waals surface area contributed by atoms with Crippen LogP contribution in [0.4, 0.5) is 5.82 Å². The Morgan fingerprint density at radius 3 is 2.83 bits per heavy atom. The first-order valence-corrected chi connectivity index (χ1v) is 9.94. The van der Waals surface area contributed by atoms with Crippen molar-refractivity contribution in [2.24, 2.45) is 0 Å². The van der Waals surface area contributed by atoms with Crippen LogP contribution in [0.5, 0.6) is 0 Å². The molecule has 1 aliphatic carbocycles. The first-order valence-electron chi connectivity index (χ1n) is 7.99. The van der Waals surface area contributed by atoms with Crippen molar-refractivity contribution < 1.29 is 13.2 Å². The molecule has 1 aliphatic rings. The average Bonchev–Trinajstić information content (AvgIpc) is 3.00. The molecule has 2 atom stereocenters. The van der Waals surface area contributed by atoms with E-state index in [4.69, 9.17) is 0 Å². The Labute approximate surface area is 141 Å². The van der Waals surface area contributed by atoms with E-state index in [-0.39, 0.29) is 6.04 Å². The van der Waals surface area contributed by atoms with Crippen molar-refractivity contribution in [3.05, 3.63) is 47.7 Å². The summed E-state index contributed by atoms with van der Waals surface area (Å²) in [5.41, 5.74) is 2.50. The molecule has 0 aliphatic heterocycles. The van der Waals surface area contributed by atoms with E-state index in [0.717, 1.165) is 25.5 Å². The molecule has 0 radical (unpaired) electrons. The first-order chi connectivity index (χ1) is 11.4. The second-order valence-corrected chi connectivity index (χ2v) is 8.60. The standard InChI is InChI=1S/C17H21N3O3S/c1-12(24(2,22)23)17(21)19-16-10-11-18-20(16)15-9-5-7-13-6-3-4-8-14(13)15/h3-4,6,8,10-12,15H,5,7,9H2,1-2H3,(H,19,21)/t12-,15-/m0/s1. The van der Waals surface area contributed by atoms with Crippen LogP contribution in [-0.4, -0.2) is 35.6 Å². The van der Waals surface area contributed by atoms with Gasteiger partial charge in [0.25, 0.3) is 0 Å². The first kappa shape index (κ1) is 16.7. The molecule has 0 unspecified atom stereocenters. The number of anilines is 1. The zero-order chi connectivity index (χ0) is 17.3. The zero-order valence-corrected chi connectivity index (χ0v) is 14.6. The monoisotopic (exact) mass is 347 g/mol. The van der Waals surface area contributed by atoms with Crippen LogP contribution < -0.4 is 5.32 Å². The number of fused-ring (bicyclic) bond motifs is 1. The van der Waals surface area contributed by atoms with Crippen molar-refractivity contribution in [3.8, 4) is 0 Å². The van der Waals surface area contributed by atoms with Gasteiger partial charge < -0.3 is 5.32 Å². The molecular weight excluding hydrogens is 326 g/mol. The van der Waals surface area contributed by atoms with Crippen LogP contribution in [0.25, 0.3) is 0 Å². The molecule has 2 aromatic rings. The van der Waals surface area contributed by atoms with E-state index in [1.807, 2.05) is 12.1 Å². The summed E-state index contributed by atoms with van der Waals surface area (Å²) in [5, 5.41) is 5.98. The van der Waals surface area contributed by atoms with Gasteiger partial charge in [0, 0.05) is 12.3 Å². The van der Waals surface area contributed by atoms with Crippen LogP contribution in [0, 0.1) is 0 Å². The number of hydrogen-bond donors (Lipinski definition) is 1. The molecule has 0 fully saturated rings. The number of nitrogens with one attached hydrogen (secondary N) is 1. The number of sulfone groups is 1. The number of rotatable bonds is 4. The lowest BCUT2D eigenvalue weighted by Crippen LogP contribution is -2.33. The van der Waals surface area contributed by atoms with Crippen molar-refractivity contribution in [2.45, 2.75) is 37.5 Å². The smallest absolute Gasteiger partial charge is 0.243 e. The minimum atomic E-state index is -3.43. The van der Waals surface area contributed by atoms with E-state index in [1.54, 1.807) is 16.9 Å². The highest BCUT2D eigenvalue weighted by Crippen LogP contribution is 2.34. The molecule has 0 saturated carbocycles. The van der Waals surface area contributed by atoms with Gasteiger partial charge in [0.2, 0.25) is 5.91 Å². The summed E-state index contributed by atoms with van der Waals surface area (Å²) >= 11 is 0. The predicted molar refractivity (Wildman–Crippen MR) is 92.7 cm³/mol. The van der Waals surface area contributed by atoms with Crippen molar-refractivity contribution in [2.75, 3.05) is 11.6 Å². The largest absolute Gasteiger partial charge is 0.310 e. The second kappa shape index (κ2) is 6.39. The van der Waals surface area contributed by atoms with Crippen LogP contribution in [0.3, 0.4) is 0 Å². The highest BCUT2D eigenvalue weighted by Gasteiger charge is 2.27. The summed E-state index contributed by atoms with van der Waals surface area (Å²) in [4.78, 5) is 12.2. The fourth-order valence-electron chi connectivity index (χ4n) is 3.07. The van der Waals surface area contributed by atoms with E-state index >= 15 is 0 Å². The summed E-state index contributed by atoms with van der Waals surface area (Å²) in [6.45, 7) is 1.39. The van der Waals surface area contributed by atoms with Gasteiger partial charge in [-0.15, -0.1) is 0 Å². The molecular formula is C17H21N3O3S. The number of benzene rings is 1. The number of amides is 1. The second-order valence-electron chi connectivity index (χ2n) is 6.23. The zero-order valence-electron chi connectivity index (χ0n) is 13.8. The molecule has 1 aromatic heterocycles. The van der Waals surface area contributed by atoms with Crippen LogP contribution in [0.1, 0.15) is 36.9 Å². The molecule has 7 heteroatoms. The lowest BCUT2D eigenvalue weighted by molar-refractivity contribution is -0.115. The summed E-state index contributed by atoms with van der Waals surface area (Å²) < 4.78 is 24.9. The summed E-state index contributed by atoms with van der Waals surface area (Å²) in [6.07, 6.45) is 5.71. The van der Waals surface area contributed by atoms with Gasteiger partial charge in [-0.25, -0.2) is 13.1 Å². The van der Waals surface area contributed by atoms with Crippen molar-refractivity contribution in [1.29, 1.82) is 0 Å². The molecule has 1 N–H and O–H groups in total. The SMILES string of the molecule is C[C@@H](C(=O)Nc1ccnn1[C@H]1CCCc2ccccc21)S(C)(=O)=O. The fraction of sp³-hybridized carbons (Fsp3) is 0.412. The van der Waals surface area contributed by atoms with E-state index in [1.165, 1.54) is 18.1 Å². The van der Waals surface area contributed by atoms with Gasteiger partial charge in [-0.05, 0) is 37.3 Å². The summed E-state index contributed by atoms with van der Waals surface area (Å²) in [6, 6.07) is 9.99. The Hall–Kier alpha value is -2.15. The Morgan fingerprint density at radius 1 is 1.33 bits per heavy atom. The lowest BCUT2D eigenvalue weighted by atomic mass is 9.88. The molecule has 24 heavy (non-hydrogen) atoms. The molecule has 1 heterocycles. The number of aryl methyl sites for hydroxylation is 1. The van der Waals surface area contributed by atoms with Crippen molar-refractivity contribution in [1.82, 2.24) is 9.78 Å². The molecule has 3 rings (SSSR count). The Balaban J connectivity index is 1.88. The molecule has 128 valence electrons. The number of carbonyl (C=O) groups is 1. The van der Waals surface area contributed by atoms with Gasteiger partial charge in [0.05, 0.1) is 12.2 Å². The molecule has 0 saturated heterocycles. The molecule has 1 amide bonds. The third-order valence-corrected chi connectivity index (χ3v) is 6.06. The molecule has 1 aromatic carbocycles. The molecule has 0 spiro atoms. The van der Waals surface area contributed by atoms with Crippen LogP contribution >= 0.6 is 0 Å².